The van der Waals surface area contributed by atoms with E-state index in [2.05, 4.69) is 13.8 Å². The van der Waals surface area contributed by atoms with Crippen LogP contribution in [-0.4, -0.2) is 21.9 Å². The Morgan fingerprint density at radius 3 is 2.38 bits per heavy atom. The van der Waals surface area contributed by atoms with Crippen molar-refractivity contribution in [3.63, 3.8) is 0 Å². The van der Waals surface area contributed by atoms with Gasteiger partial charge in [-0.25, -0.2) is 0 Å². The maximum atomic E-state index is 9.51. The van der Waals surface area contributed by atoms with E-state index >= 15 is 0 Å². The molecule has 0 saturated heterocycles. The van der Waals surface area contributed by atoms with Crippen LogP contribution >= 0.6 is 0 Å². The molecule has 0 radical (unpaired) electrons. The Labute approximate surface area is 81.3 Å². The molecule has 0 bridgehead atoms. The minimum absolute atomic E-state index is 0.537. The van der Waals surface area contributed by atoms with Gasteiger partial charge in [-0.05, 0) is 33.6 Å². The van der Waals surface area contributed by atoms with Crippen molar-refractivity contribution in [2.75, 3.05) is 0 Å². The van der Waals surface area contributed by atoms with E-state index in [1.165, 1.54) is 5.57 Å². The fraction of sp³-hybridized carbons (Fsp3) is 0.818. The molecule has 0 amide bonds. The summed E-state index contributed by atoms with van der Waals surface area (Å²) in [6.45, 7) is 7.44. The highest BCUT2D eigenvalue weighted by atomic mass is 16.3. The second-order valence-corrected chi connectivity index (χ2v) is 4.21. The summed E-state index contributed by atoms with van der Waals surface area (Å²) < 4.78 is 0. The predicted molar refractivity (Wildman–Crippen MR) is 55.6 cm³/mol. The molecule has 0 aliphatic rings. The number of hydrogen-bond donors (Lipinski definition) is 2. The van der Waals surface area contributed by atoms with Crippen molar-refractivity contribution in [2.24, 2.45) is 0 Å². The van der Waals surface area contributed by atoms with Gasteiger partial charge >= 0.3 is 0 Å². The van der Waals surface area contributed by atoms with Crippen LogP contribution < -0.4 is 0 Å². The molecule has 0 aromatic carbocycles. The van der Waals surface area contributed by atoms with Gasteiger partial charge in [0.15, 0.2) is 0 Å². The van der Waals surface area contributed by atoms with E-state index in [1.54, 1.807) is 13.8 Å². The van der Waals surface area contributed by atoms with Gasteiger partial charge in [0.05, 0.1) is 11.7 Å². The second kappa shape index (κ2) is 5.40. The molecule has 0 aliphatic heterocycles. The SMILES string of the molecule is CCC/C(C)=C/CC(O)C(C)(C)O. The molecule has 78 valence electrons. The van der Waals surface area contributed by atoms with E-state index in [1.807, 2.05) is 6.08 Å². The maximum absolute atomic E-state index is 9.51. The molecule has 0 saturated carbocycles. The van der Waals surface area contributed by atoms with Crippen LogP contribution in [0.2, 0.25) is 0 Å². The van der Waals surface area contributed by atoms with E-state index in [0.29, 0.717) is 6.42 Å². The first-order chi connectivity index (χ1) is 5.88. The largest absolute Gasteiger partial charge is 0.390 e. The third-order valence-electron chi connectivity index (χ3n) is 2.15. The molecule has 0 fully saturated rings. The predicted octanol–water partition coefficient (Wildman–Crippen LogP) is 2.25. The molecule has 13 heavy (non-hydrogen) atoms. The summed E-state index contributed by atoms with van der Waals surface area (Å²) >= 11 is 0. The van der Waals surface area contributed by atoms with Crippen molar-refractivity contribution < 1.29 is 10.2 Å². The first-order valence-corrected chi connectivity index (χ1v) is 4.94. The van der Waals surface area contributed by atoms with Gasteiger partial charge in [-0.15, -0.1) is 0 Å². The quantitative estimate of drug-likeness (QED) is 0.646. The summed E-state index contributed by atoms with van der Waals surface area (Å²) in [5.74, 6) is 0. The van der Waals surface area contributed by atoms with Gasteiger partial charge < -0.3 is 10.2 Å². The van der Waals surface area contributed by atoms with Crippen LogP contribution in [0.25, 0.3) is 0 Å². The van der Waals surface area contributed by atoms with Gasteiger partial charge in [-0.3, -0.25) is 0 Å². The third-order valence-corrected chi connectivity index (χ3v) is 2.15. The van der Waals surface area contributed by atoms with E-state index in [4.69, 9.17) is 0 Å². The lowest BCUT2D eigenvalue weighted by Crippen LogP contribution is -2.35. The zero-order valence-electron chi connectivity index (χ0n) is 9.17. The standard InChI is InChI=1S/C11H22O2/c1-5-6-9(2)7-8-10(12)11(3,4)13/h7,10,12-13H,5-6,8H2,1-4H3/b9-7+. The first kappa shape index (κ1) is 12.7. The van der Waals surface area contributed by atoms with Crippen LogP contribution in [0.1, 0.15) is 47.0 Å². The topological polar surface area (TPSA) is 40.5 Å². The van der Waals surface area contributed by atoms with Crippen LogP contribution in [-0.2, 0) is 0 Å². The lowest BCUT2D eigenvalue weighted by atomic mass is 9.98. The van der Waals surface area contributed by atoms with Crippen LogP contribution in [0.3, 0.4) is 0 Å². The van der Waals surface area contributed by atoms with Crippen molar-refractivity contribution in [3.05, 3.63) is 11.6 Å². The minimum Gasteiger partial charge on any atom is -0.390 e. The van der Waals surface area contributed by atoms with Gasteiger partial charge in [-0.1, -0.05) is 25.0 Å². The Bertz CT molecular complexity index is 165. The van der Waals surface area contributed by atoms with Gasteiger partial charge in [0.2, 0.25) is 0 Å². The number of allylic oxidation sites excluding steroid dienone is 1. The van der Waals surface area contributed by atoms with Crippen molar-refractivity contribution in [1.82, 2.24) is 0 Å². The summed E-state index contributed by atoms with van der Waals surface area (Å²) in [6.07, 6.45) is 4.07. The second-order valence-electron chi connectivity index (χ2n) is 4.21. The summed E-state index contributed by atoms with van der Waals surface area (Å²) in [5.41, 5.74) is 0.286. The van der Waals surface area contributed by atoms with Crippen LogP contribution in [0.4, 0.5) is 0 Å². The lowest BCUT2D eigenvalue weighted by Gasteiger charge is -2.23. The van der Waals surface area contributed by atoms with E-state index in [9.17, 15) is 10.2 Å². The molecule has 0 aromatic rings. The molecule has 0 heterocycles. The Morgan fingerprint density at radius 1 is 1.46 bits per heavy atom. The van der Waals surface area contributed by atoms with Crippen molar-refractivity contribution in [1.29, 1.82) is 0 Å². The molecule has 2 N–H and O–H groups in total. The van der Waals surface area contributed by atoms with E-state index in [-0.39, 0.29) is 0 Å². The van der Waals surface area contributed by atoms with E-state index in [0.717, 1.165) is 12.8 Å². The number of aliphatic hydroxyl groups is 2. The molecular formula is C11H22O2. The Kier molecular flexibility index (Phi) is 5.26. The molecule has 0 aliphatic carbocycles. The monoisotopic (exact) mass is 186 g/mol. The van der Waals surface area contributed by atoms with Crippen molar-refractivity contribution >= 4 is 0 Å². The molecule has 2 nitrogen and oxygen atoms in total. The fourth-order valence-corrected chi connectivity index (χ4v) is 1.10. The molecule has 2 heteroatoms. The molecular weight excluding hydrogens is 164 g/mol. The molecule has 1 unspecified atom stereocenters. The highest BCUT2D eigenvalue weighted by molar-refractivity contribution is 4.99. The smallest absolute Gasteiger partial charge is 0.0856 e. The number of aliphatic hydroxyl groups excluding tert-OH is 1. The molecule has 0 spiro atoms. The van der Waals surface area contributed by atoms with Gasteiger partial charge in [0.25, 0.3) is 0 Å². The normalized spacial score (nSPS) is 16.0. The summed E-state index contributed by atoms with van der Waals surface area (Å²) in [6, 6.07) is 0. The number of rotatable bonds is 5. The van der Waals surface area contributed by atoms with Gasteiger partial charge in [-0.2, -0.15) is 0 Å². The minimum atomic E-state index is -0.997. The van der Waals surface area contributed by atoms with Gasteiger partial charge in [0.1, 0.15) is 0 Å². The summed E-state index contributed by atoms with van der Waals surface area (Å²) in [5, 5.41) is 19.0. The number of hydrogen-bond acceptors (Lipinski definition) is 2. The highest BCUT2D eigenvalue weighted by Gasteiger charge is 2.22. The van der Waals surface area contributed by atoms with Crippen molar-refractivity contribution in [2.45, 2.75) is 58.7 Å². The first-order valence-electron chi connectivity index (χ1n) is 4.94. The highest BCUT2D eigenvalue weighted by Crippen LogP contribution is 2.14. The summed E-state index contributed by atoms with van der Waals surface area (Å²) in [4.78, 5) is 0. The van der Waals surface area contributed by atoms with Crippen molar-refractivity contribution in [3.8, 4) is 0 Å². The average Bonchev–Trinajstić information content (AvgIpc) is 1.99. The zero-order chi connectivity index (χ0) is 10.5. The molecule has 0 aromatic heterocycles. The third kappa shape index (κ3) is 5.83. The van der Waals surface area contributed by atoms with Crippen LogP contribution in [0.5, 0.6) is 0 Å². The van der Waals surface area contributed by atoms with Crippen LogP contribution in [0, 0.1) is 0 Å². The Balaban J connectivity index is 3.94. The molecule has 1 atom stereocenters. The Morgan fingerprint density at radius 2 is 2.00 bits per heavy atom. The lowest BCUT2D eigenvalue weighted by molar-refractivity contribution is -0.0457. The Hall–Kier alpha value is -0.340. The maximum Gasteiger partial charge on any atom is 0.0856 e. The molecule has 0 rings (SSSR count). The van der Waals surface area contributed by atoms with Crippen LogP contribution in [0.15, 0.2) is 11.6 Å². The fourth-order valence-electron chi connectivity index (χ4n) is 1.10. The summed E-state index contributed by atoms with van der Waals surface area (Å²) in [7, 11) is 0. The van der Waals surface area contributed by atoms with Gasteiger partial charge in [0, 0.05) is 0 Å². The van der Waals surface area contributed by atoms with E-state index < -0.39 is 11.7 Å². The average molecular weight is 186 g/mol. The zero-order valence-corrected chi connectivity index (χ0v) is 9.17.